The molecule has 0 bridgehead atoms. The summed E-state index contributed by atoms with van der Waals surface area (Å²) in [5.41, 5.74) is 2.16. The number of rotatable bonds is 5. The first kappa shape index (κ1) is 18.8. The largest absolute Gasteiger partial charge is 0.496 e. The minimum Gasteiger partial charge on any atom is -0.496 e. The smallest absolute Gasteiger partial charge is 0.138 e. The van der Waals surface area contributed by atoms with Gasteiger partial charge in [-0.05, 0) is 54.5 Å². The van der Waals surface area contributed by atoms with Gasteiger partial charge >= 0.3 is 0 Å². The van der Waals surface area contributed by atoms with E-state index in [4.69, 9.17) is 4.74 Å². The molecule has 6 heteroatoms. The highest BCUT2D eigenvalue weighted by atomic mass is 127. The Labute approximate surface area is 166 Å². The second-order valence-electron chi connectivity index (χ2n) is 6.16. The summed E-state index contributed by atoms with van der Waals surface area (Å²) in [4.78, 5) is 9.05. The van der Waals surface area contributed by atoms with Gasteiger partial charge in [0.25, 0.3) is 0 Å². The number of benzene rings is 2. The van der Waals surface area contributed by atoms with Crippen LogP contribution in [0.4, 0.5) is 10.2 Å². The van der Waals surface area contributed by atoms with Crippen molar-refractivity contribution in [3.63, 3.8) is 0 Å². The highest BCUT2D eigenvalue weighted by molar-refractivity contribution is 14.1. The summed E-state index contributed by atoms with van der Waals surface area (Å²) in [7, 11) is 1.64. The van der Waals surface area contributed by atoms with E-state index in [1.165, 1.54) is 0 Å². The molecular formula is C20H21FIN3O. The lowest BCUT2D eigenvalue weighted by atomic mass is 10.0. The summed E-state index contributed by atoms with van der Waals surface area (Å²) in [6.45, 7) is 5.74. The first-order valence-electron chi connectivity index (χ1n) is 8.50. The molecule has 0 saturated carbocycles. The fraction of sp³-hybridized carbons (Fsp3) is 0.300. The lowest BCUT2D eigenvalue weighted by Gasteiger charge is -2.19. The lowest BCUT2D eigenvalue weighted by molar-refractivity contribution is 0.412. The van der Waals surface area contributed by atoms with Crippen LogP contribution in [0.1, 0.15) is 36.8 Å². The summed E-state index contributed by atoms with van der Waals surface area (Å²) >= 11 is 2.23. The van der Waals surface area contributed by atoms with Gasteiger partial charge in [-0.2, -0.15) is 0 Å². The highest BCUT2D eigenvalue weighted by Crippen LogP contribution is 2.32. The van der Waals surface area contributed by atoms with Crippen LogP contribution in [-0.4, -0.2) is 17.1 Å². The summed E-state index contributed by atoms with van der Waals surface area (Å²) in [6.07, 6.45) is 0.667. The van der Waals surface area contributed by atoms with Crippen LogP contribution in [0.3, 0.4) is 0 Å². The number of aryl methyl sites for hydroxylation is 2. The zero-order valence-corrected chi connectivity index (χ0v) is 17.4. The number of hydrogen-bond acceptors (Lipinski definition) is 4. The zero-order chi connectivity index (χ0) is 18.8. The predicted molar refractivity (Wildman–Crippen MR) is 111 cm³/mol. The first-order valence-corrected chi connectivity index (χ1v) is 9.58. The fourth-order valence-corrected chi connectivity index (χ4v) is 3.69. The van der Waals surface area contributed by atoms with Crippen molar-refractivity contribution in [1.29, 1.82) is 0 Å². The number of halogens is 2. The van der Waals surface area contributed by atoms with Crippen molar-refractivity contribution in [2.45, 2.75) is 33.2 Å². The molecule has 0 saturated heterocycles. The van der Waals surface area contributed by atoms with Crippen molar-refractivity contribution >= 4 is 39.3 Å². The minimum atomic E-state index is -0.223. The topological polar surface area (TPSA) is 47.0 Å². The van der Waals surface area contributed by atoms with E-state index in [1.54, 1.807) is 7.11 Å². The molecule has 0 unspecified atom stereocenters. The molecule has 1 heterocycles. The van der Waals surface area contributed by atoms with Gasteiger partial charge in [0.15, 0.2) is 0 Å². The van der Waals surface area contributed by atoms with Crippen molar-refractivity contribution in [3.8, 4) is 5.75 Å². The van der Waals surface area contributed by atoms with Crippen LogP contribution in [0, 0.1) is 16.3 Å². The van der Waals surface area contributed by atoms with Crippen LogP contribution < -0.4 is 10.1 Å². The third-order valence-corrected chi connectivity index (χ3v) is 5.23. The molecule has 0 radical (unpaired) electrons. The quantitative estimate of drug-likeness (QED) is 0.511. The van der Waals surface area contributed by atoms with Crippen molar-refractivity contribution in [1.82, 2.24) is 9.97 Å². The fourth-order valence-electron chi connectivity index (χ4n) is 3.00. The van der Waals surface area contributed by atoms with Crippen LogP contribution in [0.25, 0.3) is 10.9 Å². The maximum absolute atomic E-state index is 14.7. The van der Waals surface area contributed by atoms with E-state index >= 15 is 0 Å². The zero-order valence-electron chi connectivity index (χ0n) is 15.2. The van der Waals surface area contributed by atoms with Crippen molar-refractivity contribution in [2.75, 3.05) is 12.4 Å². The second-order valence-corrected chi connectivity index (χ2v) is 7.33. The van der Waals surface area contributed by atoms with Crippen molar-refractivity contribution in [3.05, 3.63) is 56.7 Å². The Morgan fingerprint density at radius 1 is 1.27 bits per heavy atom. The summed E-state index contributed by atoms with van der Waals surface area (Å²) < 4.78 is 21.1. The number of fused-ring (bicyclic) bond motifs is 1. The Morgan fingerprint density at radius 2 is 2.04 bits per heavy atom. The molecule has 136 valence electrons. The molecule has 0 aliphatic rings. The number of nitrogens with zero attached hydrogens (tertiary/aromatic N) is 2. The van der Waals surface area contributed by atoms with E-state index < -0.39 is 0 Å². The molecule has 1 atom stereocenters. The van der Waals surface area contributed by atoms with Crippen LogP contribution >= 0.6 is 22.6 Å². The maximum Gasteiger partial charge on any atom is 0.138 e. The van der Waals surface area contributed by atoms with Gasteiger partial charge in [0.05, 0.1) is 22.2 Å². The van der Waals surface area contributed by atoms with Gasteiger partial charge in [-0.25, -0.2) is 14.4 Å². The van der Waals surface area contributed by atoms with Crippen LogP contribution in [-0.2, 0) is 6.42 Å². The SMILES string of the molecule is CCc1cccc([C@@H](C)Nc2nc(C)nc3cc(OC)c(I)cc23)c1F. The molecule has 1 aromatic heterocycles. The summed E-state index contributed by atoms with van der Waals surface area (Å²) in [5.74, 6) is 1.97. The van der Waals surface area contributed by atoms with Gasteiger partial charge in [0.1, 0.15) is 23.2 Å². The van der Waals surface area contributed by atoms with E-state index in [2.05, 4.69) is 37.9 Å². The summed E-state index contributed by atoms with van der Waals surface area (Å²) in [6, 6.07) is 9.20. The minimum absolute atomic E-state index is 0.152. The van der Waals surface area contributed by atoms with Gasteiger partial charge in [-0.15, -0.1) is 0 Å². The van der Waals surface area contributed by atoms with E-state index in [0.29, 0.717) is 23.6 Å². The molecule has 2 aromatic carbocycles. The predicted octanol–water partition coefficient (Wildman–Crippen LogP) is 5.43. The van der Waals surface area contributed by atoms with Crippen molar-refractivity contribution < 1.29 is 9.13 Å². The molecular weight excluding hydrogens is 444 g/mol. The Hall–Kier alpha value is -1.96. The van der Waals surface area contributed by atoms with E-state index in [1.807, 2.05) is 51.1 Å². The molecule has 0 amide bonds. The van der Waals surface area contributed by atoms with Gasteiger partial charge in [0.2, 0.25) is 0 Å². The molecule has 0 aliphatic carbocycles. The number of nitrogens with one attached hydrogen (secondary N) is 1. The molecule has 0 fully saturated rings. The maximum atomic E-state index is 14.7. The Kier molecular flexibility index (Phi) is 5.60. The first-order chi connectivity index (χ1) is 12.4. The standard InChI is InChI=1S/C20H21FIN3O/c1-5-13-7-6-8-14(19(13)21)11(2)23-20-15-9-16(22)18(26-4)10-17(15)24-12(3)25-20/h6-11H,5H2,1-4H3,(H,23,24,25)/t11-/m1/s1. The number of aromatic nitrogens is 2. The Balaban J connectivity index is 2.04. The Morgan fingerprint density at radius 3 is 2.73 bits per heavy atom. The lowest BCUT2D eigenvalue weighted by Crippen LogP contribution is -2.12. The van der Waals surface area contributed by atoms with E-state index in [-0.39, 0.29) is 11.9 Å². The molecule has 0 aliphatic heterocycles. The van der Waals surface area contributed by atoms with Crippen LogP contribution in [0.15, 0.2) is 30.3 Å². The molecule has 3 aromatic rings. The third-order valence-electron chi connectivity index (χ3n) is 4.39. The number of anilines is 1. The summed E-state index contributed by atoms with van der Waals surface area (Å²) in [5, 5.41) is 4.25. The van der Waals surface area contributed by atoms with Crippen molar-refractivity contribution in [2.24, 2.45) is 0 Å². The van der Waals surface area contributed by atoms with Gasteiger partial charge in [-0.3, -0.25) is 0 Å². The average molecular weight is 465 g/mol. The molecule has 1 N–H and O–H groups in total. The average Bonchev–Trinajstić information content (AvgIpc) is 2.61. The monoisotopic (exact) mass is 465 g/mol. The highest BCUT2D eigenvalue weighted by Gasteiger charge is 2.16. The second kappa shape index (κ2) is 7.73. The third kappa shape index (κ3) is 3.60. The van der Waals surface area contributed by atoms with Gasteiger partial charge < -0.3 is 10.1 Å². The van der Waals surface area contributed by atoms with E-state index in [0.717, 1.165) is 25.8 Å². The van der Waals surface area contributed by atoms with Gasteiger partial charge in [0, 0.05) is 17.0 Å². The normalized spacial score (nSPS) is 12.2. The van der Waals surface area contributed by atoms with E-state index in [9.17, 15) is 4.39 Å². The molecule has 26 heavy (non-hydrogen) atoms. The number of methoxy groups -OCH3 is 1. The number of hydrogen-bond donors (Lipinski definition) is 1. The molecule has 4 nitrogen and oxygen atoms in total. The number of ether oxygens (including phenoxy) is 1. The Bertz CT molecular complexity index is 961. The van der Waals surface area contributed by atoms with Crippen LogP contribution in [0.5, 0.6) is 5.75 Å². The molecule has 0 spiro atoms. The van der Waals surface area contributed by atoms with Gasteiger partial charge in [-0.1, -0.05) is 25.1 Å². The molecule has 3 rings (SSSR count). The van der Waals surface area contributed by atoms with Crippen LogP contribution in [0.2, 0.25) is 0 Å².